The van der Waals surface area contributed by atoms with Crippen molar-refractivity contribution in [3.8, 4) is 11.5 Å². The van der Waals surface area contributed by atoms with Crippen molar-refractivity contribution in [1.29, 1.82) is 0 Å². The maximum absolute atomic E-state index is 13.0. The van der Waals surface area contributed by atoms with Crippen molar-refractivity contribution in [3.05, 3.63) is 59.9 Å². The van der Waals surface area contributed by atoms with Gasteiger partial charge in [-0.15, -0.1) is 0 Å². The largest absolute Gasteiger partial charge is 0.457 e. The number of nitrogens with one attached hydrogen (secondary N) is 2. The van der Waals surface area contributed by atoms with E-state index in [9.17, 15) is 9.50 Å². The molecular formula is C23H30FN3O3. The number of halogens is 1. The third-order valence-corrected chi connectivity index (χ3v) is 5.19. The molecule has 1 saturated heterocycles. The SMILES string of the molecule is CCNC(=NCc1ccc(Oc2ccc(F)cc2)cc1)NCC1(CCO)CCOC1. The Morgan fingerprint density at radius 3 is 2.43 bits per heavy atom. The van der Waals surface area contributed by atoms with Crippen LogP contribution in [-0.4, -0.2) is 44.0 Å². The molecule has 0 aliphatic carbocycles. The molecule has 0 aromatic heterocycles. The lowest BCUT2D eigenvalue weighted by Gasteiger charge is -2.27. The van der Waals surface area contributed by atoms with Crippen LogP contribution in [0.1, 0.15) is 25.3 Å². The second-order valence-electron chi connectivity index (χ2n) is 7.52. The van der Waals surface area contributed by atoms with Gasteiger partial charge in [-0.2, -0.15) is 0 Å². The predicted molar refractivity (Wildman–Crippen MR) is 115 cm³/mol. The highest BCUT2D eigenvalue weighted by atomic mass is 19.1. The summed E-state index contributed by atoms with van der Waals surface area (Å²) in [5.74, 6) is 1.73. The Kier molecular flexibility index (Phi) is 8.04. The van der Waals surface area contributed by atoms with Gasteiger partial charge in [-0.25, -0.2) is 9.38 Å². The van der Waals surface area contributed by atoms with Crippen molar-refractivity contribution in [3.63, 3.8) is 0 Å². The lowest BCUT2D eigenvalue weighted by Crippen LogP contribution is -2.44. The number of ether oxygens (including phenoxy) is 2. The molecule has 1 aliphatic heterocycles. The summed E-state index contributed by atoms with van der Waals surface area (Å²) in [6.45, 7) is 5.59. The second kappa shape index (κ2) is 10.9. The predicted octanol–water partition coefficient (Wildman–Crippen LogP) is 3.46. The highest BCUT2D eigenvalue weighted by Crippen LogP contribution is 2.31. The molecule has 0 saturated carbocycles. The number of aliphatic hydroxyl groups is 1. The highest BCUT2D eigenvalue weighted by molar-refractivity contribution is 5.79. The van der Waals surface area contributed by atoms with E-state index in [1.54, 1.807) is 12.1 Å². The minimum Gasteiger partial charge on any atom is -0.457 e. The lowest BCUT2D eigenvalue weighted by atomic mass is 9.84. The summed E-state index contributed by atoms with van der Waals surface area (Å²) >= 11 is 0. The summed E-state index contributed by atoms with van der Waals surface area (Å²) in [7, 11) is 0. The molecule has 3 N–H and O–H groups in total. The van der Waals surface area contributed by atoms with E-state index < -0.39 is 0 Å². The fourth-order valence-electron chi connectivity index (χ4n) is 3.40. The average Bonchev–Trinajstić information content (AvgIpc) is 3.22. The Bertz CT molecular complexity index is 803. The number of benzene rings is 2. The maximum Gasteiger partial charge on any atom is 0.191 e. The van der Waals surface area contributed by atoms with Crippen molar-refractivity contribution >= 4 is 5.96 Å². The van der Waals surface area contributed by atoms with E-state index in [2.05, 4.69) is 15.6 Å². The molecule has 0 radical (unpaired) electrons. The number of rotatable bonds is 9. The van der Waals surface area contributed by atoms with E-state index in [0.717, 1.165) is 37.5 Å². The van der Waals surface area contributed by atoms with Crippen LogP contribution >= 0.6 is 0 Å². The molecule has 1 aliphatic rings. The molecule has 2 aromatic carbocycles. The first-order valence-corrected chi connectivity index (χ1v) is 10.4. The topological polar surface area (TPSA) is 75.1 Å². The van der Waals surface area contributed by atoms with Gasteiger partial charge in [0.05, 0.1) is 13.2 Å². The minimum atomic E-state index is -0.289. The van der Waals surface area contributed by atoms with Gasteiger partial charge in [0.1, 0.15) is 17.3 Å². The smallest absolute Gasteiger partial charge is 0.191 e. The van der Waals surface area contributed by atoms with Crippen LogP contribution in [0.25, 0.3) is 0 Å². The summed E-state index contributed by atoms with van der Waals surface area (Å²) in [4.78, 5) is 4.67. The summed E-state index contributed by atoms with van der Waals surface area (Å²) < 4.78 is 24.3. The van der Waals surface area contributed by atoms with Crippen LogP contribution < -0.4 is 15.4 Å². The van der Waals surface area contributed by atoms with Crippen molar-refractivity contribution in [1.82, 2.24) is 10.6 Å². The van der Waals surface area contributed by atoms with Gasteiger partial charge in [0, 0.05) is 31.7 Å². The molecule has 1 unspecified atom stereocenters. The molecule has 1 fully saturated rings. The van der Waals surface area contributed by atoms with Crippen LogP contribution in [0.5, 0.6) is 11.5 Å². The van der Waals surface area contributed by atoms with Gasteiger partial charge in [-0.3, -0.25) is 0 Å². The van der Waals surface area contributed by atoms with Gasteiger partial charge in [-0.05, 0) is 61.7 Å². The number of hydrogen-bond donors (Lipinski definition) is 3. The zero-order valence-electron chi connectivity index (χ0n) is 17.4. The Hall–Kier alpha value is -2.64. The molecule has 7 heteroatoms. The van der Waals surface area contributed by atoms with E-state index >= 15 is 0 Å². The molecule has 30 heavy (non-hydrogen) atoms. The first-order chi connectivity index (χ1) is 14.6. The van der Waals surface area contributed by atoms with Gasteiger partial charge in [0.15, 0.2) is 5.96 Å². The lowest BCUT2D eigenvalue weighted by molar-refractivity contribution is 0.127. The van der Waals surface area contributed by atoms with Gasteiger partial charge in [0.25, 0.3) is 0 Å². The van der Waals surface area contributed by atoms with E-state index in [4.69, 9.17) is 9.47 Å². The van der Waals surface area contributed by atoms with Gasteiger partial charge >= 0.3 is 0 Å². The Morgan fingerprint density at radius 2 is 1.83 bits per heavy atom. The van der Waals surface area contributed by atoms with E-state index in [0.29, 0.717) is 31.2 Å². The van der Waals surface area contributed by atoms with Crippen LogP contribution in [0.3, 0.4) is 0 Å². The second-order valence-corrected chi connectivity index (χ2v) is 7.52. The average molecular weight is 416 g/mol. The Labute approximate surface area is 177 Å². The van der Waals surface area contributed by atoms with Gasteiger partial charge in [0.2, 0.25) is 0 Å². The summed E-state index contributed by atoms with van der Waals surface area (Å²) in [5.41, 5.74) is 1.01. The van der Waals surface area contributed by atoms with Crippen molar-refractivity contribution in [2.75, 3.05) is 32.9 Å². The molecule has 2 aromatic rings. The third-order valence-electron chi connectivity index (χ3n) is 5.19. The normalized spacial score (nSPS) is 19.0. The minimum absolute atomic E-state index is 0.0374. The van der Waals surface area contributed by atoms with Crippen LogP contribution in [0.4, 0.5) is 4.39 Å². The summed E-state index contributed by atoms with van der Waals surface area (Å²) in [6.07, 6.45) is 1.66. The quantitative estimate of drug-likeness (QED) is 0.432. The molecule has 1 atom stereocenters. The van der Waals surface area contributed by atoms with E-state index in [1.807, 2.05) is 31.2 Å². The molecule has 0 bridgehead atoms. The monoisotopic (exact) mass is 415 g/mol. The Morgan fingerprint density at radius 1 is 1.13 bits per heavy atom. The molecular weight excluding hydrogens is 385 g/mol. The zero-order chi connectivity index (χ0) is 21.2. The summed E-state index contributed by atoms with van der Waals surface area (Å²) in [5, 5.41) is 16.0. The van der Waals surface area contributed by atoms with Crippen LogP contribution in [0.2, 0.25) is 0 Å². The number of guanidine groups is 1. The van der Waals surface area contributed by atoms with Crippen molar-refractivity contribution in [2.45, 2.75) is 26.3 Å². The molecule has 3 rings (SSSR count). The standard InChI is InChI=1S/C23H30FN3O3/c1-2-25-22(27-16-23(11-13-28)12-14-29-17-23)26-15-18-3-7-20(8-4-18)30-21-9-5-19(24)6-10-21/h3-10,28H,2,11-17H2,1H3,(H2,25,26,27). The highest BCUT2D eigenvalue weighted by Gasteiger charge is 2.34. The number of hydrogen-bond acceptors (Lipinski definition) is 4. The molecule has 162 valence electrons. The van der Waals surface area contributed by atoms with Crippen molar-refractivity contribution < 1.29 is 19.0 Å². The van der Waals surface area contributed by atoms with Gasteiger partial charge < -0.3 is 25.2 Å². The molecule has 0 amide bonds. The molecule has 1 heterocycles. The first-order valence-electron chi connectivity index (χ1n) is 10.4. The van der Waals surface area contributed by atoms with Crippen LogP contribution in [0.15, 0.2) is 53.5 Å². The van der Waals surface area contributed by atoms with Crippen LogP contribution in [-0.2, 0) is 11.3 Å². The van der Waals surface area contributed by atoms with E-state index in [1.165, 1.54) is 12.1 Å². The fraction of sp³-hybridized carbons (Fsp3) is 0.435. The van der Waals surface area contributed by atoms with Gasteiger partial charge in [-0.1, -0.05) is 12.1 Å². The number of aliphatic imine (C=N–C) groups is 1. The van der Waals surface area contributed by atoms with Crippen LogP contribution in [0, 0.1) is 11.2 Å². The maximum atomic E-state index is 13.0. The number of aliphatic hydroxyl groups excluding tert-OH is 1. The van der Waals surface area contributed by atoms with E-state index in [-0.39, 0.29) is 17.8 Å². The molecule has 6 nitrogen and oxygen atoms in total. The first kappa shape index (κ1) is 22.1. The van der Waals surface area contributed by atoms with Crippen molar-refractivity contribution in [2.24, 2.45) is 10.4 Å². The third kappa shape index (κ3) is 6.43. The Balaban J connectivity index is 1.56. The fourth-order valence-corrected chi connectivity index (χ4v) is 3.40. The summed E-state index contributed by atoms with van der Waals surface area (Å²) in [6, 6.07) is 13.6. The molecule has 0 spiro atoms. The number of nitrogens with zero attached hydrogens (tertiary/aromatic N) is 1. The zero-order valence-corrected chi connectivity index (χ0v) is 17.4.